The molecule has 0 aliphatic heterocycles. The predicted molar refractivity (Wildman–Crippen MR) is 58.9 cm³/mol. The highest BCUT2D eigenvalue weighted by Gasteiger charge is 2.30. The molecule has 0 bridgehead atoms. The molecule has 0 aliphatic carbocycles. The Kier molecular flexibility index (Phi) is 4.15. The number of hydrogen-bond acceptors (Lipinski definition) is 4. The third-order valence-electron chi connectivity index (χ3n) is 2.11. The van der Waals surface area contributed by atoms with Gasteiger partial charge in [-0.05, 0) is 14.0 Å². The molecule has 7 heteroatoms. The largest absolute Gasteiger partial charge is 0.405 e. The molecule has 1 rings (SSSR count). The van der Waals surface area contributed by atoms with E-state index < -0.39 is 12.7 Å². The minimum Gasteiger partial charge on any atom is -0.342 e. The van der Waals surface area contributed by atoms with Gasteiger partial charge < -0.3 is 10.2 Å². The van der Waals surface area contributed by atoms with Crippen LogP contribution in [-0.2, 0) is 0 Å². The zero-order valence-electron chi connectivity index (χ0n) is 9.30. The number of anilines is 1. The maximum absolute atomic E-state index is 12.1. The van der Waals surface area contributed by atoms with Crippen molar-refractivity contribution in [2.75, 3.05) is 25.5 Å². The molecule has 0 aliphatic rings. The standard InChI is InChI=1S/C9H14F3N3S/c1-6(13-2)7-4-14-8(16-7)15(3)5-9(10,11)12/h4,6,13H,5H2,1-3H3. The number of hydrogen-bond donors (Lipinski definition) is 1. The van der Waals surface area contributed by atoms with Crippen LogP contribution in [0.25, 0.3) is 0 Å². The Morgan fingerprint density at radius 3 is 2.69 bits per heavy atom. The minimum absolute atomic E-state index is 0.102. The van der Waals surface area contributed by atoms with Crippen molar-refractivity contribution in [3.8, 4) is 0 Å². The summed E-state index contributed by atoms with van der Waals surface area (Å²) in [7, 11) is 3.18. The van der Waals surface area contributed by atoms with Crippen molar-refractivity contribution in [1.82, 2.24) is 10.3 Å². The Morgan fingerprint density at radius 2 is 2.19 bits per heavy atom. The van der Waals surface area contributed by atoms with Gasteiger partial charge in [0.1, 0.15) is 6.54 Å². The Hall–Kier alpha value is -0.820. The number of nitrogens with zero attached hydrogens (tertiary/aromatic N) is 2. The van der Waals surface area contributed by atoms with Crippen LogP contribution in [0.3, 0.4) is 0 Å². The molecule has 1 heterocycles. The van der Waals surface area contributed by atoms with Crippen LogP contribution >= 0.6 is 11.3 Å². The van der Waals surface area contributed by atoms with Crippen LogP contribution in [0, 0.1) is 0 Å². The van der Waals surface area contributed by atoms with E-state index in [1.807, 2.05) is 6.92 Å². The molecule has 0 saturated carbocycles. The van der Waals surface area contributed by atoms with Gasteiger partial charge in [-0.3, -0.25) is 0 Å². The van der Waals surface area contributed by atoms with Gasteiger partial charge in [0.2, 0.25) is 0 Å². The molecular weight excluding hydrogens is 239 g/mol. The number of thiazole rings is 1. The first kappa shape index (κ1) is 13.2. The smallest absolute Gasteiger partial charge is 0.342 e. The van der Waals surface area contributed by atoms with E-state index >= 15 is 0 Å². The molecule has 0 saturated heterocycles. The summed E-state index contributed by atoms with van der Waals surface area (Å²) in [5.41, 5.74) is 0. The van der Waals surface area contributed by atoms with Crippen LogP contribution in [0.1, 0.15) is 17.8 Å². The summed E-state index contributed by atoms with van der Waals surface area (Å²) < 4.78 is 36.4. The van der Waals surface area contributed by atoms with Crippen molar-refractivity contribution in [2.24, 2.45) is 0 Å². The molecule has 1 unspecified atom stereocenters. The second kappa shape index (κ2) is 5.01. The lowest BCUT2D eigenvalue weighted by Gasteiger charge is -2.17. The van der Waals surface area contributed by atoms with Gasteiger partial charge in [0.05, 0.1) is 0 Å². The summed E-state index contributed by atoms with van der Waals surface area (Å²) in [6, 6.07) is 0.102. The van der Waals surface area contributed by atoms with E-state index in [-0.39, 0.29) is 6.04 Å². The summed E-state index contributed by atoms with van der Waals surface area (Å²) in [6.45, 7) is 0.953. The molecule has 1 atom stereocenters. The number of nitrogens with one attached hydrogen (secondary N) is 1. The Morgan fingerprint density at radius 1 is 1.56 bits per heavy atom. The van der Waals surface area contributed by atoms with E-state index in [0.717, 1.165) is 9.78 Å². The third kappa shape index (κ3) is 3.64. The molecule has 0 spiro atoms. The second-order valence-electron chi connectivity index (χ2n) is 3.53. The Balaban J connectivity index is 2.70. The molecule has 3 nitrogen and oxygen atoms in total. The molecule has 1 aromatic heterocycles. The first-order valence-corrected chi connectivity index (χ1v) is 5.56. The van der Waals surface area contributed by atoms with Crippen molar-refractivity contribution in [3.05, 3.63) is 11.1 Å². The first-order valence-electron chi connectivity index (χ1n) is 4.74. The zero-order chi connectivity index (χ0) is 12.3. The molecule has 92 valence electrons. The predicted octanol–water partition coefficient (Wildman–Crippen LogP) is 2.42. The highest BCUT2D eigenvalue weighted by atomic mass is 32.1. The second-order valence-corrected chi connectivity index (χ2v) is 4.57. The maximum atomic E-state index is 12.1. The first-order chi connectivity index (χ1) is 7.33. The third-order valence-corrected chi connectivity index (χ3v) is 3.41. The minimum atomic E-state index is -4.20. The van der Waals surface area contributed by atoms with Gasteiger partial charge in [0.25, 0.3) is 0 Å². The van der Waals surface area contributed by atoms with E-state index in [0.29, 0.717) is 5.13 Å². The highest BCUT2D eigenvalue weighted by Crippen LogP contribution is 2.28. The highest BCUT2D eigenvalue weighted by molar-refractivity contribution is 7.15. The lowest BCUT2D eigenvalue weighted by atomic mass is 10.3. The maximum Gasteiger partial charge on any atom is 0.405 e. The average molecular weight is 253 g/mol. The average Bonchev–Trinajstić information content (AvgIpc) is 2.62. The summed E-state index contributed by atoms with van der Waals surface area (Å²) in [6.07, 6.45) is -2.59. The molecule has 0 amide bonds. The lowest BCUT2D eigenvalue weighted by molar-refractivity contribution is -0.119. The summed E-state index contributed by atoms with van der Waals surface area (Å²) in [5, 5.41) is 3.40. The van der Waals surface area contributed by atoms with Crippen LogP contribution in [0.2, 0.25) is 0 Å². The van der Waals surface area contributed by atoms with Gasteiger partial charge in [-0.1, -0.05) is 0 Å². The van der Waals surface area contributed by atoms with Crippen molar-refractivity contribution in [1.29, 1.82) is 0 Å². The lowest BCUT2D eigenvalue weighted by Crippen LogP contribution is -2.30. The van der Waals surface area contributed by atoms with Gasteiger partial charge in [-0.15, -0.1) is 11.3 Å². The van der Waals surface area contributed by atoms with Crippen LogP contribution in [0.4, 0.5) is 18.3 Å². The fourth-order valence-electron chi connectivity index (χ4n) is 1.13. The molecule has 1 N–H and O–H groups in total. The van der Waals surface area contributed by atoms with Gasteiger partial charge in [-0.2, -0.15) is 13.2 Å². The van der Waals surface area contributed by atoms with Crippen LogP contribution in [0.5, 0.6) is 0 Å². The number of rotatable bonds is 4. The molecule has 16 heavy (non-hydrogen) atoms. The van der Waals surface area contributed by atoms with E-state index in [1.165, 1.54) is 18.4 Å². The molecular formula is C9H14F3N3S. The summed E-state index contributed by atoms with van der Waals surface area (Å²) in [4.78, 5) is 6.00. The van der Waals surface area contributed by atoms with E-state index in [4.69, 9.17) is 0 Å². The van der Waals surface area contributed by atoms with E-state index in [9.17, 15) is 13.2 Å². The van der Waals surface area contributed by atoms with E-state index in [2.05, 4.69) is 10.3 Å². The number of aromatic nitrogens is 1. The van der Waals surface area contributed by atoms with Crippen molar-refractivity contribution >= 4 is 16.5 Å². The Labute approximate surface area is 96.3 Å². The summed E-state index contributed by atoms with van der Waals surface area (Å²) >= 11 is 1.27. The number of alkyl halides is 3. The van der Waals surface area contributed by atoms with Crippen molar-refractivity contribution < 1.29 is 13.2 Å². The monoisotopic (exact) mass is 253 g/mol. The van der Waals surface area contributed by atoms with E-state index in [1.54, 1.807) is 13.2 Å². The zero-order valence-corrected chi connectivity index (χ0v) is 10.1. The topological polar surface area (TPSA) is 28.2 Å². The summed E-state index contributed by atoms with van der Waals surface area (Å²) in [5.74, 6) is 0. The molecule has 1 aromatic rings. The molecule has 0 aromatic carbocycles. The molecule has 0 radical (unpaired) electrons. The SMILES string of the molecule is CNC(C)c1cnc(N(C)CC(F)(F)F)s1. The Bertz CT molecular complexity index is 337. The van der Waals surface area contributed by atoms with Crippen LogP contribution < -0.4 is 10.2 Å². The van der Waals surface area contributed by atoms with Crippen LogP contribution in [-0.4, -0.2) is 31.8 Å². The quantitative estimate of drug-likeness (QED) is 0.893. The normalized spacial score (nSPS) is 13.9. The van der Waals surface area contributed by atoms with Crippen LogP contribution in [0.15, 0.2) is 6.20 Å². The fourth-order valence-corrected chi connectivity index (χ4v) is 2.07. The van der Waals surface area contributed by atoms with Gasteiger partial charge in [0.15, 0.2) is 5.13 Å². The van der Waals surface area contributed by atoms with Crippen molar-refractivity contribution in [3.63, 3.8) is 0 Å². The fraction of sp³-hybridized carbons (Fsp3) is 0.667. The molecule has 0 fully saturated rings. The number of halogens is 3. The van der Waals surface area contributed by atoms with Gasteiger partial charge in [0, 0.05) is 24.2 Å². The van der Waals surface area contributed by atoms with Crippen molar-refractivity contribution in [2.45, 2.75) is 19.1 Å². The van der Waals surface area contributed by atoms with Gasteiger partial charge in [-0.25, -0.2) is 4.98 Å². The van der Waals surface area contributed by atoms with Gasteiger partial charge >= 0.3 is 6.18 Å².